The van der Waals surface area contributed by atoms with Crippen molar-refractivity contribution in [2.45, 2.75) is 6.10 Å². The van der Waals surface area contributed by atoms with Gasteiger partial charge in [-0.2, -0.15) is 10.5 Å². The molecular formula is C19H19N3O3. The topological polar surface area (TPSA) is 98.3 Å². The number of para-hydroxylation sites is 1. The highest BCUT2D eigenvalue weighted by atomic mass is 16.5. The minimum Gasteiger partial charge on any atom is -0.492 e. The van der Waals surface area contributed by atoms with Crippen molar-refractivity contribution in [1.82, 2.24) is 5.32 Å². The van der Waals surface area contributed by atoms with Crippen LogP contribution in [-0.2, 0) is 0 Å². The normalized spacial score (nSPS) is 11.2. The SMILES string of the molecule is N#Cc1ccc(OCCNCC(O)COc2ccccc2C#N)cc1. The molecule has 0 amide bonds. The van der Waals surface area contributed by atoms with Gasteiger partial charge in [0.15, 0.2) is 0 Å². The van der Waals surface area contributed by atoms with Crippen LogP contribution in [0.1, 0.15) is 11.1 Å². The predicted octanol–water partition coefficient (Wildman–Crippen LogP) is 1.84. The fourth-order valence-electron chi connectivity index (χ4n) is 2.07. The lowest BCUT2D eigenvalue weighted by Gasteiger charge is -2.14. The molecule has 6 heteroatoms. The van der Waals surface area contributed by atoms with Crippen LogP contribution in [0.4, 0.5) is 0 Å². The van der Waals surface area contributed by atoms with Gasteiger partial charge in [0.25, 0.3) is 0 Å². The molecule has 0 aliphatic carbocycles. The highest BCUT2D eigenvalue weighted by Crippen LogP contribution is 2.16. The first-order valence-corrected chi connectivity index (χ1v) is 7.86. The largest absolute Gasteiger partial charge is 0.492 e. The molecule has 128 valence electrons. The zero-order valence-corrected chi connectivity index (χ0v) is 13.7. The Kier molecular flexibility index (Phi) is 7.27. The number of aliphatic hydroxyl groups is 1. The summed E-state index contributed by atoms with van der Waals surface area (Å²) in [5.74, 6) is 1.16. The van der Waals surface area contributed by atoms with E-state index in [1.807, 2.05) is 12.1 Å². The number of nitrogens with zero attached hydrogens (tertiary/aromatic N) is 2. The summed E-state index contributed by atoms with van der Waals surface area (Å²) in [6, 6.07) is 17.9. The molecular weight excluding hydrogens is 318 g/mol. The third-order valence-corrected chi connectivity index (χ3v) is 3.35. The highest BCUT2D eigenvalue weighted by Gasteiger charge is 2.07. The Balaban J connectivity index is 1.61. The molecule has 0 radical (unpaired) electrons. The van der Waals surface area contributed by atoms with E-state index in [0.717, 1.165) is 0 Å². The first kappa shape index (κ1) is 18.3. The standard InChI is InChI=1S/C19H19N3O3/c20-11-15-5-7-18(8-6-15)24-10-9-22-13-17(23)14-25-19-4-2-1-3-16(19)12-21/h1-8,17,22-23H,9-10,13-14H2. The number of ether oxygens (including phenoxy) is 2. The van der Waals surface area contributed by atoms with E-state index in [0.29, 0.717) is 42.3 Å². The Hall–Kier alpha value is -3.06. The lowest BCUT2D eigenvalue weighted by Crippen LogP contribution is -2.33. The fourth-order valence-corrected chi connectivity index (χ4v) is 2.07. The highest BCUT2D eigenvalue weighted by molar-refractivity contribution is 5.42. The van der Waals surface area contributed by atoms with Gasteiger partial charge in [-0.1, -0.05) is 12.1 Å². The van der Waals surface area contributed by atoms with Crippen molar-refractivity contribution in [3.05, 3.63) is 59.7 Å². The Bertz CT molecular complexity index is 748. The maximum atomic E-state index is 9.91. The average Bonchev–Trinajstić information content (AvgIpc) is 2.66. The second-order valence-corrected chi connectivity index (χ2v) is 5.26. The summed E-state index contributed by atoms with van der Waals surface area (Å²) >= 11 is 0. The van der Waals surface area contributed by atoms with Crippen molar-refractivity contribution in [1.29, 1.82) is 10.5 Å². The summed E-state index contributed by atoms with van der Waals surface area (Å²) < 4.78 is 11.0. The van der Waals surface area contributed by atoms with Crippen LogP contribution in [0.5, 0.6) is 11.5 Å². The zero-order chi connectivity index (χ0) is 17.9. The fraction of sp³-hybridized carbons (Fsp3) is 0.263. The maximum absolute atomic E-state index is 9.91. The van der Waals surface area contributed by atoms with Crippen molar-refractivity contribution < 1.29 is 14.6 Å². The molecule has 0 heterocycles. The number of hydrogen-bond donors (Lipinski definition) is 2. The van der Waals surface area contributed by atoms with Crippen molar-refractivity contribution in [3.8, 4) is 23.6 Å². The monoisotopic (exact) mass is 337 g/mol. The second kappa shape index (κ2) is 9.94. The molecule has 0 aromatic heterocycles. The Morgan fingerprint density at radius 1 is 1.00 bits per heavy atom. The van der Waals surface area contributed by atoms with Crippen molar-refractivity contribution in [2.24, 2.45) is 0 Å². The lowest BCUT2D eigenvalue weighted by molar-refractivity contribution is 0.105. The summed E-state index contributed by atoms with van der Waals surface area (Å²) in [4.78, 5) is 0. The molecule has 0 bridgehead atoms. The third-order valence-electron chi connectivity index (χ3n) is 3.35. The van der Waals surface area contributed by atoms with Crippen LogP contribution in [0, 0.1) is 22.7 Å². The van der Waals surface area contributed by atoms with Gasteiger partial charge in [0, 0.05) is 13.1 Å². The Labute approximate surface area is 146 Å². The molecule has 2 aromatic carbocycles. The van der Waals surface area contributed by atoms with E-state index in [1.54, 1.807) is 48.5 Å². The molecule has 0 fully saturated rings. The third kappa shape index (κ3) is 6.15. The first-order valence-electron chi connectivity index (χ1n) is 7.86. The number of aliphatic hydroxyl groups excluding tert-OH is 1. The Morgan fingerprint density at radius 2 is 1.76 bits per heavy atom. The van der Waals surface area contributed by atoms with Gasteiger partial charge in [-0.3, -0.25) is 0 Å². The minimum atomic E-state index is -0.693. The Morgan fingerprint density at radius 3 is 2.48 bits per heavy atom. The average molecular weight is 337 g/mol. The van der Waals surface area contributed by atoms with Crippen molar-refractivity contribution >= 4 is 0 Å². The zero-order valence-electron chi connectivity index (χ0n) is 13.7. The van der Waals surface area contributed by atoms with Gasteiger partial charge in [0.2, 0.25) is 0 Å². The molecule has 1 atom stereocenters. The van der Waals surface area contributed by atoms with Gasteiger partial charge in [-0.15, -0.1) is 0 Å². The van der Waals surface area contributed by atoms with Crippen LogP contribution in [0.3, 0.4) is 0 Å². The summed E-state index contributed by atoms with van der Waals surface area (Å²) in [7, 11) is 0. The molecule has 2 aromatic rings. The van der Waals surface area contributed by atoms with Gasteiger partial charge in [-0.05, 0) is 36.4 Å². The molecule has 0 spiro atoms. The van der Waals surface area contributed by atoms with E-state index < -0.39 is 6.10 Å². The van der Waals surface area contributed by atoms with Gasteiger partial charge in [-0.25, -0.2) is 0 Å². The minimum absolute atomic E-state index is 0.0994. The molecule has 6 nitrogen and oxygen atoms in total. The number of nitriles is 2. The summed E-state index contributed by atoms with van der Waals surface area (Å²) in [6.07, 6.45) is -0.693. The van der Waals surface area contributed by atoms with E-state index in [1.165, 1.54) is 0 Å². The molecule has 0 aliphatic rings. The predicted molar refractivity (Wildman–Crippen MR) is 92.2 cm³/mol. The van der Waals surface area contributed by atoms with E-state index in [-0.39, 0.29) is 6.61 Å². The van der Waals surface area contributed by atoms with Crippen LogP contribution in [-0.4, -0.2) is 37.5 Å². The number of hydrogen-bond acceptors (Lipinski definition) is 6. The van der Waals surface area contributed by atoms with Crippen LogP contribution in [0.25, 0.3) is 0 Å². The number of benzene rings is 2. The van der Waals surface area contributed by atoms with Gasteiger partial charge in [0.05, 0.1) is 17.2 Å². The number of rotatable bonds is 9. The second-order valence-electron chi connectivity index (χ2n) is 5.26. The van der Waals surface area contributed by atoms with Crippen molar-refractivity contribution in [3.63, 3.8) is 0 Å². The smallest absolute Gasteiger partial charge is 0.137 e. The molecule has 2 rings (SSSR count). The van der Waals surface area contributed by atoms with E-state index in [4.69, 9.17) is 20.0 Å². The molecule has 2 N–H and O–H groups in total. The maximum Gasteiger partial charge on any atom is 0.137 e. The van der Waals surface area contributed by atoms with Crippen LogP contribution >= 0.6 is 0 Å². The van der Waals surface area contributed by atoms with E-state index in [2.05, 4.69) is 5.32 Å². The van der Waals surface area contributed by atoms with Crippen LogP contribution < -0.4 is 14.8 Å². The molecule has 0 saturated heterocycles. The van der Waals surface area contributed by atoms with Gasteiger partial charge in [0.1, 0.15) is 36.9 Å². The molecule has 1 unspecified atom stereocenters. The molecule has 0 aliphatic heterocycles. The van der Waals surface area contributed by atoms with Gasteiger partial charge >= 0.3 is 0 Å². The molecule has 25 heavy (non-hydrogen) atoms. The lowest BCUT2D eigenvalue weighted by atomic mass is 10.2. The van der Waals surface area contributed by atoms with Crippen molar-refractivity contribution in [2.75, 3.05) is 26.3 Å². The quantitative estimate of drug-likeness (QED) is 0.678. The van der Waals surface area contributed by atoms with Crippen LogP contribution in [0.2, 0.25) is 0 Å². The first-order chi connectivity index (χ1) is 12.2. The van der Waals surface area contributed by atoms with Gasteiger partial charge < -0.3 is 19.9 Å². The summed E-state index contributed by atoms with van der Waals surface area (Å²) in [5.41, 5.74) is 1.03. The van der Waals surface area contributed by atoms with E-state index in [9.17, 15) is 5.11 Å². The molecule has 0 saturated carbocycles. The van der Waals surface area contributed by atoms with Crippen LogP contribution in [0.15, 0.2) is 48.5 Å². The summed E-state index contributed by atoms with van der Waals surface area (Å²) in [5, 5.41) is 30.7. The number of nitrogens with one attached hydrogen (secondary N) is 1. The summed E-state index contributed by atoms with van der Waals surface area (Å²) in [6.45, 7) is 1.45. The van der Waals surface area contributed by atoms with E-state index >= 15 is 0 Å².